The average Bonchev–Trinajstić information content (AvgIpc) is 2.76. The highest BCUT2D eigenvalue weighted by Crippen LogP contribution is 2.28. The summed E-state index contributed by atoms with van der Waals surface area (Å²) in [7, 11) is -3.88. The molecule has 3 aromatic carbocycles. The lowest BCUT2D eigenvalue weighted by atomic mass is 9.87. The Morgan fingerprint density at radius 2 is 1.56 bits per heavy atom. The number of carbonyl (C=O) groups is 1. The van der Waals surface area contributed by atoms with Crippen LogP contribution in [0.15, 0.2) is 71.6 Å². The zero-order valence-corrected chi connectivity index (χ0v) is 21.6. The van der Waals surface area contributed by atoms with Crippen LogP contribution < -0.4 is 14.8 Å². The van der Waals surface area contributed by atoms with Crippen LogP contribution in [0.2, 0.25) is 10.0 Å². The normalized spacial score (nSPS) is 12.6. The first kappa shape index (κ1) is 25.9. The summed E-state index contributed by atoms with van der Waals surface area (Å²) in [5, 5.41) is 3.31. The molecule has 34 heavy (non-hydrogen) atoms. The number of halogens is 2. The monoisotopic (exact) mass is 520 g/mol. The van der Waals surface area contributed by atoms with Gasteiger partial charge in [-0.1, -0.05) is 56.1 Å². The van der Waals surface area contributed by atoms with Crippen molar-refractivity contribution in [2.45, 2.75) is 44.1 Å². The molecule has 0 unspecified atom stereocenters. The minimum absolute atomic E-state index is 0.0137. The Labute approximate surface area is 210 Å². The predicted octanol–water partition coefficient (Wildman–Crippen LogP) is 6.50. The Kier molecular flexibility index (Phi) is 7.81. The molecule has 0 spiro atoms. The van der Waals surface area contributed by atoms with Gasteiger partial charge in [-0.3, -0.25) is 9.52 Å². The Bertz CT molecular complexity index is 1270. The number of ether oxygens (including phenoxy) is 1. The fraction of sp³-hybridized carbons (Fsp3) is 0.240. The van der Waals surface area contributed by atoms with Gasteiger partial charge in [-0.25, -0.2) is 8.42 Å². The first-order valence-electron chi connectivity index (χ1n) is 10.5. The largest absolute Gasteiger partial charge is 0.481 e. The number of amides is 1. The number of sulfonamides is 1. The van der Waals surface area contributed by atoms with Crippen LogP contribution in [0.4, 0.5) is 11.4 Å². The lowest BCUT2D eigenvalue weighted by molar-refractivity contribution is -0.122. The van der Waals surface area contributed by atoms with E-state index in [4.69, 9.17) is 27.9 Å². The summed E-state index contributed by atoms with van der Waals surface area (Å²) in [5.41, 5.74) is 1.84. The van der Waals surface area contributed by atoms with Crippen molar-refractivity contribution in [2.75, 3.05) is 10.0 Å². The lowest BCUT2D eigenvalue weighted by Gasteiger charge is -2.20. The highest BCUT2D eigenvalue weighted by Gasteiger charge is 2.19. The number of hydrogen-bond donors (Lipinski definition) is 2. The molecule has 3 aromatic rings. The van der Waals surface area contributed by atoms with Crippen LogP contribution >= 0.6 is 23.2 Å². The van der Waals surface area contributed by atoms with Crippen molar-refractivity contribution in [2.24, 2.45) is 0 Å². The molecule has 180 valence electrons. The Morgan fingerprint density at radius 3 is 2.12 bits per heavy atom. The zero-order chi connectivity index (χ0) is 25.1. The van der Waals surface area contributed by atoms with Gasteiger partial charge in [-0.2, -0.15) is 0 Å². The van der Waals surface area contributed by atoms with Gasteiger partial charge in [0.15, 0.2) is 6.10 Å². The predicted molar refractivity (Wildman–Crippen MR) is 138 cm³/mol. The van der Waals surface area contributed by atoms with Crippen molar-refractivity contribution in [1.29, 1.82) is 0 Å². The molecule has 0 saturated heterocycles. The summed E-state index contributed by atoms with van der Waals surface area (Å²) in [6.45, 7) is 8.01. The van der Waals surface area contributed by atoms with E-state index in [1.54, 1.807) is 6.92 Å². The van der Waals surface area contributed by atoms with E-state index in [-0.39, 0.29) is 26.9 Å². The molecule has 0 aromatic heterocycles. The SMILES string of the molecule is C[C@@H](Oc1ccc(C(C)(C)C)cc1)C(=O)Nc1ccc(S(=O)(=O)Nc2ccc(Cl)cc2Cl)cc1. The quantitative estimate of drug-likeness (QED) is 0.372. The van der Waals surface area contributed by atoms with Crippen molar-refractivity contribution >= 4 is 50.5 Å². The molecular formula is C25H26Cl2N2O4S. The minimum Gasteiger partial charge on any atom is -0.481 e. The van der Waals surface area contributed by atoms with Crippen LogP contribution in [0.5, 0.6) is 5.75 Å². The van der Waals surface area contributed by atoms with Crippen LogP contribution in [-0.4, -0.2) is 20.4 Å². The Balaban J connectivity index is 1.62. The number of carbonyl (C=O) groups excluding carboxylic acids is 1. The molecule has 0 heterocycles. The number of rotatable bonds is 7. The van der Waals surface area contributed by atoms with E-state index < -0.39 is 16.1 Å². The molecule has 0 saturated carbocycles. The fourth-order valence-corrected chi connectivity index (χ4v) is 4.62. The van der Waals surface area contributed by atoms with Crippen molar-refractivity contribution < 1.29 is 17.9 Å². The molecule has 1 amide bonds. The van der Waals surface area contributed by atoms with Crippen LogP contribution in [-0.2, 0) is 20.2 Å². The molecule has 0 aliphatic rings. The molecule has 6 nitrogen and oxygen atoms in total. The van der Waals surface area contributed by atoms with Crippen LogP contribution in [0.1, 0.15) is 33.3 Å². The molecule has 0 fully saturated rings. The Hall–Kier alpha value is -2.74. The van der Waals surface area contributed by atoms with Crippen molar-refractivity contribution in [3.05, 3.63) is 82.3 Å². The van der Waals surface area contributed by atoms with Crippen LogP contribution in [0.25, 0.3) is 0 Å². The summed E-state index contributed by atoms with van der Waals surface area (Å²) in [6, 6.07) is 17.9. The van der Waals surface area contributed by atoms with Crippen molar-refractivity contribution in [3.8, 4) is 5.75 Å². The van der Waals surface area contributed by atoms with Gasteiger partial charge in [0.05, 0.1) is 15.6 Å². The molecule has 0 bridgehead atoms. The Morgan fingerprint density at radius 1 is 0.941 bits per heavy atom. The van der Waals surface area contributed by atoms with Gasteiger partial charge in [0.25, 0.3) is 15.9 Å². The third-order valence-corrected chi connectivity index (χ3v) is 6.94. The third-order valence-electron chi connectivity index (χ3n) is 5.01. The molecule has 3 rings (SSSR count). The average molecular weight is 521 g/mol. The van der Waals surface area contributed by atoms with Gasteiger partial charge in [-0.05, 0) is 72.5 Å². The summed E-state index contributed by atoms with van der Waals surface area (Å²) >= 11 is 11.9. The van der Waals surface area contributed by atoms with Gasteiger partial charge < -0.3 is 10.1 Å². The summed E-state index contributed by atoms with van der Waals surface area (Å²) < 4.78 is 33.5. The fourth-order valence-electron chi connectivity index (χ4n) is 3.03. The molecule has 9 heteroatoms. The van der Waals surface area contributed by atoms with E-state index in [1.165, 1.54) is 48.0 Å². The van der Waals surface area contributed by atoms with Gasteiger partial charge in [0, 0.05) is 10.7 Å². The molecule has 0 radical (unpaired) electrons. The first-order chi connectivity index (χ1) is 15.8. The van der Waals surface area contributed by atoms with Crippen LogP contribution in [0, 0.1) is 0 Å². The van der Waals surface area contributed by atoms with Gasteiger partial charge >= 0.3 is 0 Å². The smallest absolute Gasteiger partial charge is 0.265 e. The summed E-state index contributed by atoms with van der Waals surface area (Å²) in [4.78, 5) is 12.6. The van der Waals surface area contributed by atoms with Gasteiger partial charge in [-0.15, -0.1) is 0 Å². The number of anilines is 2. The summed E-state index contributed by atoms with van der Waals surface area (Å²) in [6.07, 6.45) is -0.752. The second-order valence-corrected chi connectivity index (χ2v) is 11.3. The van der Waals surface area contributed by atoms with Crippen molar-refractivity contribution in [1.82, 2.24) is 0 Å². The van der Waals surface area contributed by atoms with E-state index in [1.807, 2.05) is 24.3 Å². The van der Waals surface area contributed by atoms with E-state index >= 15 is 0 Å². The highest BCUT2D eigenvalue weighted by atomic mass is 35.5. The number of nitrogens with one attached hydrogen (secondary N) is 2. The standard InChI is InChI=1S/C25H26Cl2N2O4S/c1-16(33-20-10-5-17(6-11-20)25(2,3)4)24(30)28-19-8-12-21(13-9-19)34(31,32)29-23-14-7-18(26)15-22(23)27/h5-16,29H,1-4H3,(H,28,30)/t16-/m1/s1. The van der Waals surface area contributed by atoms with E-state index in [2.05, 4.69) is 30.8 Å². The minimum atomic E-state index is -3.88. The maximum absolute atomic E-state index is 12.7. The molecule has 0 aliphatic heterocycles. The van der Waals surface area contributed by atoms with E-state index in [9.17, 15) is 13.2 Å². The maximum Gasteiger partial charge on any atom is 0.265 e. The molecular weight excluding hydrogens is 495 g/mol. The first-order valence-corrected chi connectivity index (χ1v) is 12.7. The van der Waals surface area contributed by atoms with Gasteiger partial charge in [0.1, 0.15) is 5.75 Å². The lowest BCUT2D eigenvalue weighted by Crippen LogP contribution is -2.30. The molecule has 2 N–H and O–H groups in total. The number of benzene rings is 3. The molecule has 0 aliphatic carbocycles. The van der Waals surface area contributed by atoms with Crippen molar-refractivity contribution in [3.63, 3.8) is 0 Å². The van der Waals surface area contributed by atoms with Gasteiger partial charge in [0.2, 0.25) is 0 Å². The topological polar surface area (TPSA) is 84.5 Å². The maximum atomic E-state index is 12.7. The second kappa shape index (κ2) is 10.3. The van der Waals surface area contributed by atoms with E-state index in [0.29, 0.717) is 16.5 Å². The zero-order valence-electron chi connectivity index (χ0n) is 19.2. The van der Waals surface area contributed by atoms with E-state index in [0.717, 1.165) is 0 Å². The second-order valence-electron chi connectivity index (χ2n) is 8.78. The highest BCUT2D eigenvalue weighted by molar-refractivity contribution is 7.92. The molecule has 1 atom stereocenters. The third kappa shape index (κ3) is 6.65. The summed E-state index contributed by atoms with van der Waals surface area (Å²) in [5.74, 6) is 0.227. The number of hydrogen-bond acceptors (Lipinski definition) is 4. The van der Waals surface area contributed by atoms with Crippen LogP contribution in [0.3, 0.4) is 0 Å².